The Morgan fingerprint density at radius 1 is 1.17 bits per heavy atom. The number of rotatable bonds is 4. The van der Waals surface area contributed by atoms with Crippen molar-refractivity contribution in [3.05, 3.63) is 40.1 Å². The Morgan fingerprint density at radius 3 is 2.83 bits per heavy atom. The fraction of sp³-hybridized carbons (Fsp3) is 0.556. The Bertz CT molecular complexity index is 688. The Labute approximate surface area is 146 Å². The molecule has 0 saturated carbocycles. The maximum atomic E-state index is 12.7. The number of amides is 1. The van der Waals surface area contributed by atoms with Gasteiger partial charge in [0.25, 0.3) is 0 Å². The molecular weight excluding hydrogens is 320 g/mol. The van der Waals surface area contributed by atoms with Gasteiger partial charge in [-0.05, 0) is 54.7 Å². The van der Waals surface area contributed by atoms with Crippen molar-refractivity contribution in [1.29, 1.82) is 0 Å². The molecule has 0 aromatic carbocycles. The second-order valence-corrected chi connectivity index (χ2v) is 7.57. The number of likely N-dealkylation sites (tertiary alicyclic amines) is 1. The van der Waals surface area contributed by atoms with Gasteiger partial charge in [-0.1, -0.05) is 0 Å². The van der Waals surface area contributed by atoms with Crippen LogP contribution in [0.15, 0.2) is 23.2 Å². The van der Waals surface area contributed by atoms with Crippen LogP contribution in [0.3, 0.4) is 0 Å². The van der Waals surface area contributed by atoms with E-state index >= 15 is 0 Å². The predicted octanol–water partition coefficient (Wildman–Crippen LogP) is 2.52. The summed E-state index contributed by atoms with van der Waals surface area (Å²) in [5, 5.41) is 4.10. The standard InChI is InChI=1S/C18H24N4OS/c23-18(10-15-4-9-24-13-15)21-7-3-8-22-14-19-16(17(22)12-21)11-20-5-1-2-6-20/h4,9,13-14H,1-3,5-8,10-12H2. The van der Waals surface area contributed by atoms with Crippen LogP contribution in [0.4, 0.5) is 0 Å². The first-order valence-electron chi connectivity index (χ1n) is 8.84. The Morgan fingerprint density at radius 2 is 2.04 bits per heavy atom. The minimum absolute atomic E-state index is 0.232. The molecule has 1 fully saturated rings. The summed E-state index contributed by atoms with van der Waals surface area (Å²) < 4.78 is 2.25. The van der Waals surface area contributed by atoms with Gasteiger partial charge in [-0.3, -0.25) is 9.69 Å². The summed E-state index contributed by atoms with van der Waals surface area (Å²) in [5.74, 6) is 0.232. The Kier molecular flexibility index (Phi) is 4.67. The lowest BCUT2D eigenvalue weighted by Gasteiger charge is -2.21. The number of aryl methyl sites for hydroxylation is 1. The van der Waals surface area contributed by atoms with Crippen LogP contribution in [0.2, 0.25) is 0 Å². The number of carbonyl (C=O) groups is 1. The Hall–Kier alpha value is -1.66. The van der Waals surface area contributed by atoms with Crippen molar-refractivity contribution in [1.82, 2.24) is 19.4 Å². The first kappa shape index (κ1) is 15.8. The van der Waals surface area contributed by atoms with Gasteiger partial charge in [0.15, 0.2) is 0 Å². The van der Waals surface area contributed by atoms with Crippen LogP contribution in [0.5, 0.6) is 0 Å². The molecule has 0 bridgehead atoms. The molecule has 2 aromatic rings. The topological polar surface area (TPSA) is 41.4 Å². The van der Waals surface area contributed by atoms with Gasteiger partial charge in [0, 0.05) is 19.6 Å². The molecule has 0 N–H and O–H groups in total. The highest BCUT2D eigenvalue weighted by Gasteiger charge is 2.24. The lowest BCUT2D eigenvalue weighted by atomic mass is 10.2. The highest BCUT2D eigenvalue weighted by molar-refractivity contribution is 7.07. The average molecular weight is 344 g/mol. The minimum atomic E-state index is 0.232. The summed E-state index contributed by atoms with van der Waals surface area (Å²) in [5.41, 5.74) is 3.52. The van der Waals surface area contributed by atoms with Crippen molar-refractivity contribution in [3.63, 3.8) is 0 Å². The monoisotopic (exact) mass is 344 g/mol. The smallest absolute Gasteiger partial charge is 0.227 e. The third-order valence-electron chi connectivity index (χ3n) is 5.06. The maximum absolute atomic E-state index is 12.7. The largest absolute Gasteiger partial charge is 0.336 e. The molecule has 128 valence electrons. The van der Waals surface area contributed by atoms with Crippen LogP contribution in [-0.2, 0) is 30.8 Å². The Balaban J connectivity index is 1.48. The van der Waals surface area contributed by atoms with Crippen molar-refractivity contribution in [2.75, 3.05) is 19.6 Å². The number of fused-ring (bicyclic) bond motifs is 1. The van der Waals surface area contributed by atoms with Gasteiger partial charge in [0.05, 0.1) is 30.7 Å². The van der Waals surface area contributed by atoms with E-state index in [2.05, 4.69) is 19.8 Å². The van der Waals surface area contributed by atoms with Crippen molar-refractivity contribution in [3.8, 4) is 0 Å². The summed E-state index contributed by atoms with van der Waals surface area (Å²) in [6, 6.07) is 2.05. The number of thiophene rings is 1. The first-order chi connectivity index (χ1) is 11.8. The molecule has 4 rings (SSSR count). The predicted molar refractivity (Wildman–Crippen MR) is 94.8 cm³/mol. The third-order valence-corrected chi connectivity index (χ3v) is 5.79. The molecule has 2 aliphatic rings. The van der Waals surface area contributed by atoms with Crippen LogP contribution in [0.25, 0.3) is 0 Å². The van der Waals surface area contributed by atoms with Crippen LogP contribution < -0.4 is 0 Å². The van der Waals surface area contributed by atoms with E-state index in [0.717, 1.165) is 37.3 Å². The zero-order valence-corrected chi connectivity index (χ0v) is 14.8. The van der Waals surface area contributed by atoms with Gasteiger partial charge in [-0.2, -0.15) is 11.3 Å². The molecule has 5 nitrogen and oxygen atoms in total. The number of nitrogens with zero attached hydrogens (tertiary/aromatic N) is 4. The molecule has 0 aliphatic carbocycles. The number of imidazole rings is 1. The molecule has 2 aliphatic heterocycles. The molecule has 0 radical (unpaired) electrons. The van der Waals surface area contributed by atoms with E-state index in [1.54, 1.807) is 11.3 Å². The number of carbonyl (C=O) groups excluding carboxylic acids is 1. The summed E-state index contributed by atoms with van der Waals surface area (Å²) in [6.45, 7) is 5.78. The fourth-order valence-corrected chi connectivity index (χ4v) is 4.36. The van der Waals surface area contributed by atoms with E-state index in [-0.39, 0.29) is 5.91 Å². The van der Waals surface area contributed by atoms with Crippen molar-refractivity contribution < 1.29 is 4.79 Å². The number of aromatic nitrogens is 2. The van der Waals surface area contributed by atoms with E-state index in [1.165, 1.54) is 31.6 Å². The van der Waals surface area contributed by atoms with Gasteiger partial charge in [-0.15, -0.1) is 0 Å². The summed E-state index contributed by atoms with van der Waals surface area (Å²) in [4.78, 5) is 21.9. The number of hydrogen-bond acceptors (Lipinski definition) is 4. The summed E-state index contributed by atoms with van der Waals surface area (Å²) in [6.07, 6.45) is 6.07. The van der Waals surface area contributed by atoms with E-state index in [1.807, 2.05) is 22.7 Å². The normalized spacial score (nSPS) is 18.6. The van der Waals surface area contributed by atoms with Gasteiger partial charge in [-0.25, -0.2) is 4.98 Å². The van der Waals surface area contributed by atoms with E-state index in [9.17, 15) is 4.79 Å². The summed E-state index contributed by atoms with van der Waals surface area (Å²) in [7, 11) is 0. The van der Waals surface area contributed by atoms with Crippen LogP contribution in [0, 0.1) is 0 Å². The van der Waals surface area contributed by atoms with Crippen molar-refractivity contribution >= 4 is 17.2 Å². The van der Waals surface area contributed by atoms with Gasteiger partial charge in [0.1, 0.15) is 0 Å². The molecule has 1 amide bonds. The fourth-order valence-electron chi connectivity index (χ4n) is 3.69. The van der Waals surface area contributed by atoms with Gasteiger partial charge < -0.3 is 9.47 Å². The maximum Gasteiger partial charge on any atom is 0.227 e. The lowest BCUT2D eigenvalue weighted by molar-refractivity contribution is -0.131. The van der Waals surface area contributed by atoms with E-state index < -0.39 is 0 Å². The molecule has 1 saturated heterocycles. The molecule has 4 heterocycles. The molecule has 6 heteroatoms. The minimum Gasteiger partial charge on any atom is -0.336 e. The highest BCUT2D eigenvalue weighted by Crippen LogP contribution is 2.20. The van der Waals surface area contributed by atoms with E-state index in [4.69, 9.17) is 0 Å². The molecule has 0 spiro atoms. The lowest BCUT2D eigenvalue weighted by Crippen LogP contribution is -2.32. The van der Waals surface area contributed by atoms with Crippen molar-refractivity contribution in [2.24, 2.45) is 0 Å². The first-order valence-corrected chi connectivity index (χ1v) is 9.78. The molecule has 2 aromatic heterocycles. The van der Waals surface area contributed by atoms with Gasteiger partial charge in [0.2, 0.25) is 5.91 Å². The van der Waals surface area contributed by atoms with Crippen LogP contribution in [0.1, 0.15) is 36.2 Å². The van der Waals surface area contributed by atoms with Crippen molar-refractivity contribution in [2.45, 2.75) is 45.3 Å². The average Bonchev–Trinajstić information content (AvgIpc) is 3.30. The zero-order valence-electron chi connectivity index (χ0n) is 14.0. The molecule has 0 unspecified atom stereocenters. The van der Waals surface area contributed by atoms with E-state index in [0.29, 0.717) is 13.0 Å². The molecule has 24 heavy (non-hydrogen) atoms. The van der Waals surface area contributed by atoms with Crippen LogP contribution in [-0.4, -0.2) is 44.9 Å². The van der Waals surface area contributed by atoms with Crippen LogP contribution >= 0.6 is 11.3 Å². The number of hydrogen-bond donors (Lipinski definition) is 0. The summed E-state index contributed by atoms with van der Waals surface area (Å²) >= 11 is 1.65. The second kappa shape index (κ2) is 7.07. The quantitative estimate of drug-likeness (QED) is 0.856. The third kappa shape index (κ3) is 3.39. The van der Waals surface area contributed by atoms with Gasteiger partial charge >= 0.3 is 0 Å². The second-order valence-electron chi connectivity index (χ2n) is 6.79. The molecular formula is C18H24N4OS. The SMILES string of the molecule is O=C(Cc1ccsc1)N1CCCn2cnc(CN3CCCC3)c2C1. The zero-order chi connectivity index (χ0) is 16.4. The molecule has 0 atom stereocenters. The highest BCUT2D eigenvalue weighted by atomic mass is 32.1.